The third kappa shape index (κ3) is 3.14. The lowest BCUT2D eigenvalue weighted by Crippen LogP contribution is -2.36. The molecule has 5 heteroatoms. The monoisotopic (exact) mass is 382 g/mol. The van der Waals surface area contributed by atoms with Gasteiger partial charge in [-0.1, -0.05) is 42.5 Å². The van der Waals surface area contributed by atoms with Crippen LogP contribution in [-0.2, 0) is 20.0 Å². The average molecular weight is 382 g/mol. The van der Waals surface area contributed by atoms with E-state index in [-0.39, 0.29) is 5.91 Å². The highest BCUT2D eigenvalue weighted by atomic mass is 16.2. The fourth-order valence-electron chi connectivity index (χ4n) is 3.98. The maximum atomic E-state index is 13.5. The summed E-state index contributed by atoms with van der Waals surface area (Å²) < 4.78 is 3.79. The molecular formula is C24H22N4O. The number of benzene rings is 2. The SMILES string of the molecule is Cn1cccc1-c1cc(C(=O)N2CCc3ccccc3C2)n(-c2ccccc2)n1. The quantitative estimate of drug-likeness (QED) is 0.536. The molecule has 0 N–H and O–H groups in total. The molecule has 0 fully saturated rings. The minimum Gasteiger partial charge on any atom is -0.349 e. The highest BCUT2D eigenvalue weighted by Crippen LogP contribution is 2.25. The van der Waals surface area contributed by atoms with Gasteiger partial charge in [-0.3, -0.25) is 4.79 Å². The molecule has 1 aliphatic heterocycles. The molecule has 0 unspecified atom stereocenters. The van der Waals surface area contributed by atoms with Gasteiger partial charge in [-0.2, -0.15) is 5.10 Å². The second kappa shape index (κ2) is 7.09. The van der Waals surface area contributed by atoms with Crippen molar-refractivity contribution in [3.05, 3.63) is 95.8 Å². The topological polar surface area (TPSA) is 43.1 Å². The van der Waals surface area contributed by atoms with Crippen molar-refractivity contribution >= 4 is 5.91 Å². The molecule has 29 heavy (non-hydrogen) atoms. The molecule has 4 aromatic rings. The van der Waals surface area contributed by atoms with Gasteiger partial charge in [0.2, 0.25) is 0 Å². The van der Waals surface area contributed by atoms with Gasteiger partial charge in [0.15, 0.2) is 0 Å². The molecule has 0 saturated heterocycles. The molecule has 0 atom stereocenters. The lowest BCUT2D eigenvalue weighted by Gasteiger charge is -2.29. The molecular weight excluding hydrogens is 360 g/mol. The first-order valence-corrected chi connectivity index (χ1v) is 9.84. The Labute approximate surface area is 169 Å². The van der Waals surface area contributed by atoms with Crippen molar-refractivity contribution < 1.29 is 4.79 Å². The van der Waals surface area contributed by atoms with Gasteiger partial charge >= 0.3 is 0 Å². The first kappa shape index (κ1) is 17.5. The van der Waals surface area contributed by atoms with Crippen LogP contribution < -0.4 is 0 Å². The van der Waals surface area contributed by atoms with Gasteiger partial charge in [-0.15, -0.1) is 0 Å². The normalized spacial score (nSPS) is 13.3. The third-order valence-electron chi connectivity index (χ3n) is 5.55. The fraction of sp³-hybridized carbons (Fsp3) is 0.167. The van der Waals surface area contributed by atoms with Crippen molar-refractivity contribution in [3.8, 4) is 17.1 Å². The number of nitrogens with zero attached hydrogens (tertiary/aromatic N) is 4. The molecule has 3 heterocycles. The zero-order valence-corrected chi connectivity index (χ0v) is 16.3. The van der Waals surface area contributed by atoms with E-state index in [0.29, 0.717) is 12.2 Å². The van der Waals surface area contributed by atoms with Gasteiger partial charge in [0, 0.05) is 26.3 Å². The third-order valence-corrected chi connectivity index (χ3v) is 5.55. The van der Waals surface area contributed by atoms with Crippen molar-refractivity contribution in [3.63, 3.8) is 0 Å². The standard InChI is InChI=1S/C24H22N4O/c1-26-14-7-12-22(26)21-16-23(28(25-21)20-10-3-2-4-11-20)24(29)27-15-13-18-8-5-6-9-19(18)17-27/h2-12,14,16H,13,15,17H2,1H3. The summed E-state index contributed by atoms with van der Waals surface area (Å²) in [5.74, 6) is 0.0105. The van der Waals surface area contributed by atoms with Crippen molar-refractivity contribution in [1.29, 1.82) is 0 Å². The summed E-state index contributed by atoms with van der Waals surface area (Å²) in [6.45, 7) is 1.35. The van der Waals surface area contributed by atoms with Crippen LogP contribution in [0.15, 0.2) is 79.0 Å². The summed E-state index contributed by atoms with van der Waals surface area (Å²) in [7, 11) is 1.99. The molecule has 1 aliphatic rings. The zero-order chi connectivity index (χ0) is 19.8. The van der Waals surface area contributed by atoms with E-state index in [1.807, 2.05) is 77.3 Å². The molecule has 0 bridgehead atoms. The van der Waals surface area contributed by atoms with E-state index in [4.69, 9.17) is 5.10 Å². The second-order valence-corrected chi connectivity index (χ2v) is 7.41. The molecule has 0 radical (unpaired) electrons. The fourth-order valence-corrected chi connectivity index (χ4v) is 3.98. The van der Waals surface area contributed by atoms with Crippen LogP contribution in [0.4, 0.5) is 0 Å². The van der Waals surface area contributed by atoms with E-state index in [9.17, 15) is 4.79 Å². The Morgan fingerprint density at radius 2 is 1.69 bits per heavy atom. The lowest BCUT2D eigenvalue weighted by molar-refractivity contribution is 0.0725. The maximum Gasteiger partial charge on any atom is 0.272 e. The van der Waals surface area contributed by atoms with E-state index in [1.54, 1.807) is 4.68 Å². The molecule has 0 saturated carbocycles. The Balaban J connectivity index is 1.56. The second-order valence-electron chi connectivity index (χ2n) is 7.41. The van der Waals surface area contributed by atoms with Crippen molar-refractivity contribution in [2.24, 2.45) is 7.05 Å². The van der Waals surface area contributed by atoms with Crippen LogP contribution in [0.3, 0.4) is 0 Å². The van der Waals surface area contributed by atoms with Crippen LogP contribution in [0.1, 0.15) is 21.6 Å². The number of hydrogen-bond acceptors (Lipinski definition) is 2. The number of carbonyl (C=O) groups excluding carboxylic acids is 1. The molecule has 2 aromatic carbocycles. The van der Waals surface area contributed by atoms with E-state index < -0.39 is 0 Å². The lowest BCUT2D eigenvalue weighted by atomic mass is 10.00. The van der Waals surface area contributed by atoms with Crippen LogP contribution in [0.2, 0.25) is 0 Å². The van der Waals surface area contributed by atoms with Crippen molar-refractivity contribution in [2.75, 3.05) is 6.54 Å². The van der Waals surface area contributed by atoms with Crippen molar-refractivity contribution in [2.45, 2.75) is 13.0 Å². The largest absolute Gasteiger partial charge is 0.349 e. The molecule has 0 aliphatic carbocycles. The van der Waals surface area contributed by atoms with Crippen LogP contribution in [0.25, 0.3) is 17.1 Å². The first-order valence-electron chi connectivity index (χ1n) is 9.84. The van der Waals surface area contributed by atoms with Gasteiger partial charge in [0.1, 0.15) is 11.4 Å². The highest BCUT2D eigenvalue weighted by molar-refractivity contribution is 5.94. The maximum absolute atomic E-state index is 13.5. The molecule has 5 rings (SSSR count). The number of carbonyl (C=O) groups is 1. The number of hydrogen-bond donors (Lipinski definition) is 0. The summed E-state index contributed by atoms with van der Waals surface area (Å²) in [5.41, 5.74) is 5.80. The molecule has 2 aromatic heterocycles. The number of para-hydroxylation sites is 1. The van der Waals surface area contributed by atoms with Crippen LogP contribution in [0.5, 0.6) is 0 Å². The van der Waals surface area contributed by atoms with Crippen LogP contribution in [-0.4, -0.2) is 31.7 Å². The number of rotatable bonds is 3. The van der Waals surface area contributed by atoms with E-state index in [0.717, 1.165) is 30.0 Å². The van der Waals surface area contributed by atoms with Gasteiger partial charge in [0.05, 0.1) is 11.4 Å². The van der Waals surface area contributed by atoms with Gasteiger partial charge in [0.25, 0.3) is 5.91 Å². The molecule has 5 nitrogen and oxygen atoms in total. The number of aromatic nitrogens is 3. The van der Waals surface area contributed by atoms with Crippen LogP contribution in [0, 0.1) is 0 Å². The highest BCUT2D eigenvalue weighted by Gasteiger charge is 2.26. The Hall–Kier alpha value is -3.60. The zero-order valence-electron chi connectivity index (χ0n) is 16.3. The minimum atomic E-state index is 0.0105. The molecule has 144 valence electrons. The number of aryl methyl sites for hydroxylation is 1. The Kier molecular flexibility index (Phi) is 4.28. The predicted molar refractivity (Wildman–Crippen MR) is 113 cm³/mol. The smallest absolute Gasteiger partial charge is 0.272 e. The van der Waals surface area contributed by atoms with Gasteiger partial charge in [-0.05, 0) is 47.9 Å². The minimum absolute atomic E-state index is 0.0105. The first-order chi connectivity index (χ1) is 14.2. The summed E-state index contributed by atoms with van der Waals surface area (Å²) in [6.07, 6.45) is 2.87. The van der Waals surface area contributed by atoms with E-state index in [2.05, 4.69) is 18.2 Å². The summed E-state index contributed by atoms with van der Waals surface area (Å²) in [6, 6.07) is 24.1. The summed E-state index contributed by atoms with van der Waals surface area (Å²) >= 11 is 0. The Morgan fingerprint density at radius 1 is 0.931 bits per heavy atom. The van der Waals surface area contributed by atoms with Gasteiger partial charge in [-0.25, -0.2) is 4.68 Å². The predicted octanol–water partition coefficient (Wildman–Crippen LogP) is 4.08. The molecule has 0 spiro atoms. The van der Waals surface area contributed by atoms with Crippen molar-refractivity contribution in [1.82, 2.24) is 19.2 Å². The van der Waals surface area contributed by atoms with Gasteiger partial charge < -0.3 is 9.47 Å². The number of fused-ring (bicyclic) bond motifs is 1. The Bertz CT molecular complexity index is 1170. The Morgan fingerprint density at radius 3 is 2.45 bits per heavy atom. The number of amides is 1. The van der Waals surface area contributed by atoms with E-state index >= 15 is 0 Å². The average Bonchev–Trinajstić information content (AvgIpc) is 3.39. The van der Waals surface area contributed by atoms with Crippen LogP contribution >= 0.6 is 0 Å². The summed E-state index contributed by atoms with van der Waals surface area (Å²) in [4.78, 5) is 15.5. The molecule has 1 amide bonds. The van der Waals surface area contributed by atoms with E-state index in [1.165, 1.54) is 11.1 Å². The summed E-state index contributed by atoms with van der Waals surface area (Å²) in [5, 5.41) is 4.79.